The van der Waals surface area contributed by atoms with Gasteiger partial charge >= 0.3 is 6.18 Å². The number of nitrogen functional groups attached to an aromatic ring is 1. The van der Waals surface area contributed by atoms with E-state index in [2.05, 4.69) is 9.97 Å². The van der Waals surface area contributed by atoms with Crippen LogP contribution in [0.15, 0.2) is 41.2 Å². The summed E-state index contributed by atoms with van der Waals surface area (Å²) >= 11 is 0.938. The van der Waals surface area contributed by atoms with Crippen molar-refractivity contribution in [3.8, 4) is 10.9 Å². The van der Waals surface area contributed by atoms with Gasteiger partial charge in [0, 0.05) is 5.69 Å². The van der Waals surface area contributed by atoms with Gasteiger partial charge in [0.15, 0.2) is 5.13 Å². The van der Waals surface area contributed by atoms with Crippen molar-refractivity contribution in [1.29, 1.82) is 0 Å². The van der Waals surface area contributed by atoms with Gasteiger partial charge in [0.05, 0.1) is 22.7 Å². The summed E-state index contributed by atoms with van der Waals surface area (Å²) in [5.74, 6) is -0.947. The van der Waals surface area contributed by atoms with Crippen LogP contribution in [0.2, 0.25) is 0 Å². The molecule has 0 saturated heterocycles. The van der Waals surface area contributed by atoms with E-state index in [0.717, 1.165) is 11.3 Å². The number of nitrogens with zero attached hydrogens (tertiary/aromatic N) is 3. The summed E-state index contributed by atoms with van der Waals surface area (Å²) in [5, 5.41) is -0.169. The lowest BCUT2D eigenvalue weighted by molar-refractivity contribution is -0.146. The lowest BCUT2D eigenvalue weighted by Gasteiger charge is -2.13. The van der Waals surface area contributed by atoms with Crippen LogP contribution in [-0.2, 0) is 6.18 Å². The predicted octanol–water partition coefficient (Wildman–Crippen LogP) is 3.61. The molecule has 0 spiro atoms. The Morgan fingerprint density at radius 3 is 2.67 bits per heavy atom. The molecule has 27 heavy (non-hydrogen) atoms. The molecule has 2 heterocycles. The first-order valence-electron chi connectivity index (χ1n) is 7.63. The molecule has 0 amide bonds. The molecule has 0 aliphatic rings. The fourth-order valence-electron chi connectivity index (χ4n) is 2.74. The second-order valence-corrected chi connectivity index (χ2v) is 6.66. The summed E-state index contributed by atoms with van der Waals surface area (Å²) in [5.41, 5.74) is 5.32. The van der Waals surface area contributed by atoms with Crippen molar-refractivity contribution in [2.45, 2.75) is 6.18 Å². The number of fused-ring (bicyclic) bond motifs is 2. The van der Waals surface area contributed by atoms with Gasteiger partial charge in [-0.3, -0.25) is 4.79 Å². The smallest absolute Gasteiger partial charge is 0.450 e. The van der Waals surface area contributed by atoms with Crippen molar-refractivity contribution in [1.82, 2.24) is 14.5 Å². The highest BCUT2D eigenvalue weighted by Crippen LogP contribution is 2.34. The highest BCUT2D eigenvalue weighted by molar-refractivity contribution is 7.20. The third-order valence-corrected chi connectivity index (χ3v) is 4.93. The summed E-state index contributed by atoms with van der Waals surface area (Å²) in [7, 11) is 1.43. The molecule has 6 nitrogen and oxygen atoms in total. The Morgan fingerprint density at radius 2 is 1.96 bits per heavy atom. The van der Waals surface area contributed by atoms with Gasteiger partial charge in [0.25, 0.3) is 5.56 Å². The number of anilines is 1. The number of ether oxygens (including phenoxy) is 1. The molecular weight excluding hydrogens is 381 g/mol. The zero-order valence-corrected chi connectivity index (χ0v) is 14.6. The monoisotopic (exact) mass is 392 g/mol. The number of benzene rings is 2. The molecule has 4 rings (SSSR count). The minimum atomic E-state index is -4.85. The quantitative estimate of drug-likeness (QED) is 0.527. The van der Waals surface area contributed by atoms with Crippen molar-refractivity contribution < 1.29 is 17.9 Å². The molecular formula is C17H11F3N4O2S. The van der Waals surface area contributed by atoms with Crippen LogP contribution >= 0.6 is 11.3 Å². The van der Waals surface area contributed by atoms with Crippen molar-refractivity contribution in [3.05, 3.63) is 52.6 Å². The van der Waals surface area contributed by atoms with Crippen molar-refractivity contribution >= 4 is 38.1 Å². The van der Waals surface area contributed by atoms with Gasteiger partial charge in [0.1, 0.15) is 11.3 Å². The molecule has 2 aromatic heterocycles. The molecule has 2 N–H and O–H groups in total. The van der Waals surface area contributed by atoms with Crippen molar-refractivity contribution in [2.75, 3.05) is 12.8 Å². The Bertz CT molecular complexity index is 1250. The average molecular weight is 392 g/mol. The summed E-state index contributed by atoms with van der Waals surface area (Å²) in [4.78, 5) is 20.7. The Morgan fingerprint density at radius 1 is 1.19 bits per heavy atom. The van der Waals surface area contributed by atoms with Crippen LogP contribution < -0.4 is 16.0 Å². The SMILES string of the molecule is COc1cccc2sc(-n3c(C(F)(F)F)nc4ccc(N)cc4c3=O)nc12. The molecule has 0 saturated carbocycles. The molecule has 10 heteroatoms. The Kier molecular flexibility index (Phi) is 3.81. The normalized spacial score (nSPS) is 12.0. The van der Waals surface area contributed by atoms with Crippen LogP contribution in [0.4, 0.5) is 18.9 Å². The molecule has 138 valence electrons. The van der Waals surface area contributed by atoms with Crippen molar-refractivity contribution in [2.24, 2.45) is 0 Å². The first kappa shape index (κ1) is 17.3. The Hall–Kier alpha value is -3.14. The fraction of sp³-hybridized carbons (Fsp3) is 0.118. The highest BCUT2D eigenvalue weighted by atomic mass is 32.1. The fourth-order valence-corrected chi connectivity index (χ4v) is 3.73. The van der Waals surface area contributed by atoms with E-state index >= 15 is 0 Å². The van der Waals surface area contributed by atoms with E-state index in [-0.39, 0.29) is 21.7 Å². The number of alkyl halides is 3. The number of methoxy groups -OCH3 is 1. The summed E-state index contributed by atoms with van der Waals surface area (Å²) in [6, 6.07) is 8.99. The van der Waals surface area contributed by atoms with E-state index in [0.29, 0.717) is 20.5 Å². The van der Waals surface area contributed by atoms with Crippen LogP contribution in [-0.4, -0.2) is 21.6 Å². The number of nitrogens with two attached hydrogens (primary N) is 1. The van der Waals surface area contributed by atoms with Gasteiger partial charge in [-0.2, -0.15) is 13.2 Å². The Balaban J connectivity index is 2.11. The van der Waals surface area contributed by atoms with Crippen LogP contribution in [0.1, 0.15) is 5.82 Å². The first-order chi connectivity index (χ1) is 12.8. The maximum Gasteiger partial charge on any atom is 0.450 e. The lowest BCUT2D eigenvalue weighted by Crippen LogP contribution is -2.28. The zero-order valence-electron chi connectivity index (χ0n) is 13.7. The second-order valence-electron chi connectivity index (χ2n) is 5.65. The van der Waals surface area contributed by atoms with E-state index in [9.17, 15) is 18.0 Å². The molecule has 0 aliphatic carbocycles. The summed E-state index contributed by atoms with van der Waals surface area (Å²) in [6.45, 7) is 0. The predicted molar refractivity (Wildman–Crippen MR) is 96.5 cm³/mol. The molecule has 4 aromatic rings. The van der Waals surface area contributed by atoms with Crippen LogP contribution in [0.25, 0.3) is 26.3 Å². The number of rotatable bonds is 2. The van der Waals surface area contributed by atoms with Gasteiger partial charge in [-0.25, -0.2) is 14.5 Å². The number of para-hydroxylation sites is 1. The molecule has 0 atom stereocenters. The number of thiazole rings is 1. The standard InChI is InChI=1S/C17H11F3N4O2S/c1-26-11-3-2-4-12-13(11)23-16(27-12)24-14(25)9-7-8(21)5-6-10(9)22-15(24)17(18,19)20/h2-7H,21H2,1H3. The summed E-state index contributed by atoms with van der Waals surface area (Å²) in [6.07, 6.45) is -4.85. The van der Waals surface area contributed by atoms with Gasteiger partial charge in [-0.05, 0) is 30.3 Å². The minimum Gasteiger partial charge on any atom is -0.494 e. The number of halogens is 3. The largest absolute Gasteiger partial charge is 0.494 e. The zero-order chi connectivity index (χ0) is 19.3. The van der Waals surface area contributed by atoms with E-state index in [1.54, 1.807) is 18.2 Å². The number of aromatic nitrogens is 3. The highest BCUT2D eigenvalue weighted by Gasteiger charge is 2.38. The van der Waals surface area contributed by atoms with Gasteiger partial charge in [-0.1, -0.05) is 17.4 Å². The van der Waals surface area contributed by atoms with Gasteiger partial charge < -0.3 is 10.5 Å². The molecule has 0 fully saturated rings. The molecule has 2 aromatic carbocycles. The molecule has 0 aliphatic heterocycles. The molecule has 0 bridgehead atoms. The van der Waals surface area contributed by atoms with E-state index in [1.807, 2.05) is 0 Å². The number of hydrogen-bond donors (Lipinski definition) is 1. The van der Waals surface area contributed by atoms with Gasteiger partial charge in [0.2, 0.25) is 5.82 Å². The second kappa shape index (κ2) is 5.95. The van der Waals surface area contributed by atoms with E-state index in [1.165, 1.54) is 25.3 Å². The minimum absolute atomic E-state index is 0.0192. The lowest BCUT2D eigenvalue weighted by atomic mass is 10.2. The average Bonchev–Trinajstić information content (AvgIpc) is 3.04. The van der Waals surface area contributed by atoms with Crippen LogP contribution in [0.3, 0.4) is 0 Å². The van der Waals surface area contributed by atoms with E-state index < -0.39 is 17.6 Å². The van der Waals surface area contributed by atoms with E-state index in [4.69, 9.17) is 10.5 Å². The molecule has 0 unspecified atom stereocenters. The number of hydrogen-bond acceptors (Lipinski definition) is 6. The van der Waals surface area contributed by atoms with Crippen molar-refractivity contribution in [3.63, 3.8) is 0 Å². The van der Waals surface area contributed by atoms with Crippen LogP contribution in [0, 0.1) is 0 Å². The first-order valence-corrected chi connectivity index (χ1v) is 8.44. The molecule has 0 radical (unpaired) electrons. The Labute approximate surface area is 153 Å². The van der Waals surface area contributed by atoms with Gasteiger partial charge in [-0.15, -0.1) is 0 Å². The topological polar surface area (TPSA) is 83.0 Å². The third-order valence-electron chi connectivity index (χ3n) is 3.93. The maximum atomic E-state index is 13.6. The summed E-state index contributed by atoms with van der Waals surface area (Å²) < 4.78 is 47.1. The van der Waals surface area contributed by atoms with Crippen LogP contribution in [0.5, 0.6) is 5.75 Å². The maximum absolute atomic E-state index is 13.6. The third kappa shape index (κ3) is 2.78.